The molecule has 1 aliphatic heterocycles. The van der Waals surface area contributed by atoms with Crippen LogP contribution in [0.15, 0.2) is 29.3 Å². The number of esters is 1. The molecule has 5 nitrogen and oxygen atoms in total. The molecule has 2 aliphatic rings. The summed E-state index contributed by atoms with van der Waals surface area (Å²) in [6.07, 6.45) is 6.60. The van der Waals surface area contributed by atoms with E-state index in [0.717, 1.165) is 24.1 Å². The first-order valence-electron chi connectivity index (χ1n) is 9.42. The summed E-state index contributed by atoms with van der Waals surface area (Å²) < 4.78 is 5.70. The monoisotopic (exact) mass is 374 g/mol. The van der Waals surface area contributed by atoms with Crippen LogP contribution in [0.3, 0.4) is 0 Å². The molecule has 1 heterocycles. The molecule has 1 fully saturated rings. The Morgan fingerprint density at radius 1 is 1.35 bits per heavy atom. The van der Waals surface area contributed by atoms with Gasteiger partial charge in [-0.15, -0.1) is 0 Å². The van der Waals surface area contributed by atoms with Crippen LogP contribution in [0.1, 0.15) is 57.1 Å². The quantitative estimate of drug-likeness (QED) is 0.604. The van der Waals surface area contributed by atoms with Gasteiger partial charge in [0.2, 0.25) is 0 Å². The summed E-state index contributed by atoms with van der Waals surface area (Å²) in [4.78, 5) is 17.3. The van der Waals surface area contributed by atoms with Crippen LogP contribution in [0.25, 0.3) is 0 Å². The molecule has 0 radical (unpaired) electrons. The minimum Gasteiger partial charge on any atom is -0.508 e. The highest BCUT2D eigenvalue weighted by Crippen LogP contribution is 2.31. The number of nitrogens with zero attached hydrogens (tertiary/aromatic N) is 1. The predicted molar refractivity (Wildman–Crippen MR) is 105 cm³/mol. The maximum Gasteiger partial charge on any atom is 0.317 e. The third-order valence-electron chi connectivity index (χ3n) is 5.25. The number of rotatable bonds is 5. The van der Waals surface area contributed by atoms with Crippen molar-refractivity contribution in [3.8, 4) is 5.75 Å². The van der Waals surface area contributed by atoms with E-state index in [1.165, 1.54) is 19.3 Å². The molecule has 1 aromatic rings. The van der Waals surface area contributed by atoms with Gasteiger partial charge < -0.3 is 15.2 Å². The van der Waals surface area contributed by atoms with Crippen LogP contribution in [-0.2, 0) is 9.53 Å². The van der Waals surface area contributed by atoms with Gasteiger partial charge in [0.1, 0.15) is 11.7 Å². The van der Waals surface area contributed by atoms with Gasteiger partial charge in [-0.2, -0.15) is 0 Å². The molecular formula is C20H26N2O3S. The minimum atomic E-state index is -0.530. The molecule has 0 bridgehead atoms. The van der Waals surface area contributed by atoms with E-state index >= 15 is 0 Å². The van der Waals surface area contributed by atoms with Crippen LogP contribution in [0.5, 0.6) is 5.75 Å². The molecule has 0 spiro atoms. The molecule has 0 amide bonds. The van der Waals surface area contributed by atoms with Crippen molar-refractivity contribution in [1.29, 1.82) is 0 Å². The molecule has 0 aromatic heterocycles. The lowest BCUT2D eigenvalue weighted by Gasteiger charge is -2.32. The maximum atomic E-state index is 12.9. The molecule has 140 valence electrons. The Morgan fingerprint density at radius 2 is 2.12 bits per heavy atom. The number of phenolic OH excluding ortho intramolecular Hbond substituents is 1. The van der Waals surface area contributed by atoms with E-state index in [1.807, 2.05) is 13.0 Å². The molecule has 26 heavy (non-hydrogen) atoms. The van der Waals surface area contributed by atoms with Gasteiger partial charge in [-0.25, -0.2) is 4.99 Å². The number of benzene rings is 1. The average molecular weight is 375 g/mol. The Labute approximate surface area is 159 Å². The second kappa shape index (κ2) is 8.62. The number of thiocarbonyl (C=S) groups is 1. The van der Waals surface area contributed by atoms with Crippen LogP contribution in [-0.4, -0.2) is 28.5 Å². The van der Waals surface area contributed by atoms with Gasteiger partial charge in [-0.1, -0.05) is 38.3 Å². The lowest BCUT2D eigenvalue weighted by Crippen LogP contribution is -2.45. The molecule has 1 saturated carbocycles. The first-order valence-corrected chi connectivity index (χ1v) is 9.82. The third kappa shape index (κ3) is 4.41. The van der Waals surface area contributed by atoms with Gasteiger partial charge in [0.25, 0.3) is 0 Å². The molecule has 1 aliphatic carbocycles. The van der Waals surface area contributed by atoms with E-state index in [0.29, 0.717) is 24.1 Å². The highest BCUT2D eigenvalue weighted by molar-refractivity contribution is 7.80. The lowest BCUT2D eigenvalue weighted by molar-refractivity contribution is -0.148. The zero-order valence-corrected chi connectivity index (χ0v) is 15.9. The Bertz CT molecular complexity index is 698. The number of aromatic hydroxyl groups is 1. The first kappa shape index (κ1) is 18.8. The van der Waals surface area contributed by atoms with E-state index in [4.69, 9.17) is 17.0 Å². The summed E-state index contributed by atoms with van der Waals surface area (Å²) in [6.45, 7) is 2.44. The first-order chi connectivity index (χ1) is 12.6. The van der Waals surface area contributed by atoms with E-state index in [-0.39, 0.29) is 17.8 Å². The van der Waals surface area contributed by atoms with Crippen molar-refractivity contribution in [1.82, 2.24) is 5.32 Å². The van der Waals surface area contributed by atoms with Crippen molar-refractivity contribution in [2.24, 2.45) is 16.8 Å². The SMILES string of the molecule is CCC1=NC(=S)NC(c2cccc(O)c2)C1C(=O)OCC1CCCCC1. The van der Waals surface area contributed by atoms with Gasteiger partial charge in [-0.3, -0.25) is 4.79 Å². The summed E-state index contributed by atoms with van der Waals surface area (Å²) in [7, 11) is 0. The van der Waals surface area contributed by atoms with Crippen molar-refractivity contribution in [3.05, 3.63) is 29.8 Å². The second-order valence-electron chi connectivity index (χ2n) is 7.09. The fourth-order valence-corrected chi connectivity index (χ4v) is 4.09. The molecule has 3 rings (SSSR count). The van der Waals surface area contributed by atoms with Gasteiger partial charge in [0, 0.05) is 5.71 Å². The molecule has 1 aromatic carbocycles. The van der Waals surface area contributed by atoms with Gasteiger partial charge in [0.05, 0.1) is 12.6 Å². The molecule has 2 N–H and O–H groups in total. The Hall–Kier alpha value is -1.95. The van der Waals surface area contributed by atoms with Crippen LogP contribution in [0.4, 0.5) is 0 Å². The van der Waals surface area contributed by atoms with E-state index in [2.05, 4.69) is 10.3 Å². The summed E-state index contributed by atoms with van der Waals surface area (Å²) in [6, 6.07) is 6.52. The Balaban J connectivity index is 1.79. The highest BCUT2D eigenvalue weighted by atomic mass is 32.1. The number of aliphatic imine (C=N–C) groups is 1. The normalized spacial score (nSPS) is 23.9. The van der Waals surface area contributed by atoms with E-state index < -0.39 is 5.92 Å². The highest BCUT2D eigenvalue weighted by Gasteiger charge is 2.38. The molecule has 2 atom stereocenters. The van der Waals surface area contributed by atoms with Crippen LogP contribution in [0, 0.1) is 11.8 Å². The van der Waals surface area contributed by atoms with E-state index in [1.54, 1.807) is 18.2 Å². The van der Waals surface area contributed by atoms with Gasteiger partial charge in [-0.05, 0) is 55.1 Å². The molecule has 2 unspecified atom stereocenters. The smallest absolute Gasteiger partial charge is 0.317 e. The van der Waals surface area contributed by atoms with Crippen molar-refractivity contribution < 1.29 is 14.6 Å². The number of hydrogen-bond donors (Lipinski definition) is 2. The number of hydrogen-bond acceptors (Lipinski definition) is 4. The summed E-state index contributed by atoms with van der Waals surface area (Å²) in [5.74, 6) is -0.173. The Morgan fingerprint density at radius 3 is 2.81 bits per heavy atom. The molecular weight excluding hydrogens is 348 g/mol. The van der Waals surface area contributed by atoms with Gasteiger partial charge >= 0.3 is 5.97 Å². The lowest BCUT2D eigenvalue weighted by atomic mass is 9.86. The second-order valence-corrected chi connectivity index (χ2v) is 7.48. The van der Waals surface area contributed by atoms with Crippen LogP contribution in [0.2, 0.25) is 0 Å². The Kier molecular flexibility index (Phi) is 6.25. The largest absolute Gasteiger partial charge is 0.508 e. The zero-order valence-electron chi connectivity index (χ0n) is 15.1. The fourth-order valence-electron chi connectivity index (χ4n) is 3.85. The number of phenols is 1. The average Bonchev–Trinajstić information content (AvgIpc) is 2.66. The van der Waals surface area contributed by atoms with Crippen molar-refractivity contribution >= 4 is 29.0 Å². The fraction of sp³-hybridized carbons (Fsp3) is 0.550. The summed E-state index contributed by atoms with van der Waals surface area (Å²) in [5, 5.41) is 13.3. The number of carbonyl (C=O) groups excluding carboxylic acids is 1. The minimum absolute atomic E-state index is 0.158. The predicted octanol–water partition coefficient (Wildman–Crippen LogP) is 3.91. The van der Waals surface area contributed by atoms with Crippen molar-refractivity contribution in [3.63, 3.8) is 0 Å². The third-order valence-corrected chi connectivity index (χ3v) is 5.46. The standard InChI is InChI=1S/C20H26N2O3S/c1-2-16-17(19(24)25-12-13-7-4-3-5-8-13)18(22-20(26)21-16)14-9-6-10-15(23)11-14/h6,9-11,13,17-18,23H,2-5,7-8,12H2,1H3,(H,22,26). The van der Waals surface area contributed by atoms with E-state index in [9.17, 15) is 9.90 Å². The van der Waals surface area contributed by atoms with Crippen molar-refractivity contribution in [2.45, 2.75) is 51.5 Å². The number of ether oxygens (including phenoxy) is 1. The maximum absolute atomic E-state index is 12.9. The van der Waals surface area contributed by atoms with Crippen LogP contribution >= 0.6 is 12.2 Å². The molecule has 0 saturated heterocycles. The number of nitrogens with one attached hydrogen (secondary N) is 1. The summed E-state index contributed by atoms with van der Waals surface area (Å²) in [5.41, 5.74) is 1.53. The zero-order chi connectivity index (χ0) is 18.5. The summed E-state index contributed by atoms with van der Waals surface area (Å²) >= 11 is 5.25. The topological polar surface area (TPSA) is 70.9 Å². The van der Waals surface area contributed by atoms with Crippen LogP contribution < -0.4 is 5.32 Å². The molecule has 6 heteroatoms. The number of carbonyl (C=O) groups is 1. The van der Waals surface area contributed by atoms with Gasteiger partial charge in [0.15, 0.2) is 5.11 Å². The van der Waals surface area contributed by atoms with Crippen molar-refractivity contribution in [2.75, 3.05) is 6.61 Å².